The molecule has 3 heterocycles. The lowest BCUT2D eigenvalue weighted by Crippen LogP contribution is -2.29. The number of nitrogens with zero attached hydrogens (tertiary/aromatic N) is 3. The van der Waals surface area contributed by atoms with E-state index in [0.29, 0.717) is 5.57 Å². The first kappa shape index (κ1) is 28.9. The van der Waals surface area contributed by atoms with E-state index in [-0.39, 0.29) is 67.7 Å². The number of nitrogen functional groups attached to an aromatic ring is 1. The molecule has 15 heteroatoms. The molecule has 2 aromatic rings. The van der Waals surface area contributed by atoms with Gasteiger partial charge in [-0.25, -0.2) is 9.55 Å². The second-order valence-corrected chi connectivity index (χ2v) is 12.0. The van der Waals surface area contributed by atoms with Crippen molar-refractivity contribution in [1.82, 2.24) is 19.5 Å². The molecule has 1 saturated carbocycles. The summed E-state index contributed by atoms with van der Waals surface area (Å²) in [7, 11) is -3.94. The maximum absolute atomic E-state index is 13.1. The zero-order valence-electron chi connectivity index (χ0n) is 22.3. The highest BCUT2D eigenvalue weighted by Crippen LogP contribution is 2.54. The average molecular weight is 568 g/mol. The molecule has 3 N–H and O–H groups in total. The summed E-state index contributed by atoms with van der Waals surface area (Å²) in [6.07, 6.45) is 0.882. The second-order valence-electron chi connectivity index (χ2n) is 10.3. The Morgan fingerprint density at radius 3 is 2.62 bits per heavy atom. The summed E-state index contributed by atoms with van der Waals surface area (Å²) in [4.78, 5) is 47.4. The predicted molar refractivity (Wildman–Crippen MR) is 138 cm³/mol. The van der Waals surface area contributed by atoms with Gasteiger partial charge in [-0.05, 0) is 19.4 Å². The van der Waals surface area contributed by atoms with Gasteiger partial charge in [-0.2, -0.15) is 4.98 Å². The summed E-state index contributed by atoms with van der Waals surface area (Å²) in [6, 6.07) is -0.465. The van der Waals surface area contributed by atoms with Gasteiger partial charge in [0.2, 0.25) is 5.95 Å². The van der Waals surface area contributed by atoms with Crippen LogP contribution in [-0.2, 0) is 37.2 Å². The molecule has 1 saturated heterocycles. The summed E-state index contributed by atoms with van der Waals surface area (Å²) < 4.78 is 42.1. The third kappa shape index (κ3) is 6.57. The summed E-state index contributed by atoms with van der Waals surface area (Å²) in [6.45, 7) is 10.9. The number of imidazole rings is 1. The largest absolute Gasteiger partial charge is 0.474 e. The normalized spacial score (nSPS) is 27.4. The van der Waals surface area contributed by atoms with Gasteiger partial charge in [-0.15, -0.1) is 0 Å². The molecule has 4 rings (SSSR count). The summed E-state index contributed by atoms with van der Waals surface area (Å²) in [5.74, 6) is -2.16. The van der Waals surface area contributed by atoms with Gasteiger partial charge in [0.25, 0.3) is 5.56 Å². The second kappa shape index (κ2) is 11.6. The van der Waals surface area contributed by atoms with Gasteiger partial charge in [0, 0.05) is 18.3 Å². The van der Waals surface area contributed by atoms with Crippen molar-refractivity contribution in [2.75, 3.05) is 25.6 Å². The molecule has 1 aliphatic heterocycles. The molecule has 3 atom stereocenters. The van der Waals surface area contributed by atoms with Crippen LogP contribution in [0, 0.1) is 17.8 Å². The van der Waals surface area contributed by atoms with Crippen LogP contribution in [0.2, 0.25) is 0 Å². The number of esters is 2. The fourth-order valence-corrected chi connectivity index (χ4v) is 5.86. The summed E-state index contributed by atoms with van der Waals surface area (Å²) in [5.41, 5.74) is 6.21. The van der Waals surface area contributed by atoms with Crippen molar-refractivity contribution in [1.29, 1.82) is 0 Å². The van der Waals surface area contributed by atoms with E-state index < -0.39 is 43.4 Å². The third-order valence-electron chi connectivity index (χ3n) is 6.51. The Kier molecular flexibility index (Phi) is 8.60. The first-order valence-corrected chi connectivity index (χ1v) is 14.2. The zero-order chi connectivity index (χ0) is 28.5. The van der Waals surface area contributed by atoms with Crippen molar-refractivity contribution in [3.63, 3.8) is 0 Å². The number of phosphoric acid groups is 1. The minimum atomic E-state index is -3.94. The van der Waals surface area contributed by atoms with Crippen molar-refractivity contribution in [3.05, 3.63) is 28.8 Å². The lowest BCUT2D eigenvalue weighted by molar-refractivity contribution is -0.155. The van der Waals surface area contributed by atoms with E-state index in [1.165, 1.54) is 6.33 Å². The zero-order valence-corrected chi connectivity index (χ0v) is 23.2. The highest BCUT2D eigenvalue weighted by Gasteiger charge is 2.44. The molecule has 0 bridgehead atoms. The van der Waals surface area contributed by atoms with Gasteiger partial charge in [0.05, 0.1) is 50.6 Å². The Balaban J connectivity index is 1.47. The molecule has 1 aliphatic carbocycles. The number of phosphoric ester groups is 1. The number of nitrogens with two attached hydrogens (primary N) is 1. The maximum Gasteiger partial charge on any atom is 0.474 e. The van der Waals surface area contributed by atoms with E-state index in [0.717, 1.165) is 0 Å². The molecule has 2 fully saturated rings. The van der Waals surface area contributed by atoms with Crippen molar-refractivity contribution < 1.29 is 37.2 Å². The molecule has 2 aromatic heterocycles. The molecule has 39 heavy (non-hydrogen) atoms. The number of aromatic nitrogens is 4. The van der Waals surface area contributed by atoms with E-state index in [4.69, 9.17) is 28.8 Å². The van der Waals surface area contributed by atoms with Crippen molar-refractivity contribution >= 4 is 36.9 Å². The molecule has 0 aromatic carbocycles. The Morgan fingerprint density at radius 1 is 1.28 bits per heavy atom. The van der Waals surface area contributed by atoms with Crippen LogP contribution in [0.4, 0.5) is 5.95 Å². The van der Waals surface area contributed by atoms with Crippen LogP contribution in [0.3, 0.4) is 0 Å². The SMILES string of the molecule is C=C1[C@H](COP2(=O)OCC(CC(=O)OC(C)C)CO2)[C@@H](OC(=O)C(C)C)C[C@@H]1n1cnc2c(=O)[nH]c(N)nc21. The smallest absolute Gasteiger partial charge is 0.463 e. The van der Waals surface area contributed by atoms with Crippen LogP contribution in [-0.4, -0.2) is 63.5 Å². The van der Waals surface area contributed by atoms with Crippen LogP contribution in [0.25, 0.3) is 11.2 Å². The summed E-state index contributed by atoms with van der Waals surface area (Å²) in [5, 5.41) is 0. The lowest BCUT2D eigenvalue weighted by atomic mass is 10.0. The van der Waals surface area contributed by atoms with E-state index in [1.54, 1.807) is 32.3 Å². The lowest BCUT2D eigenvalue weighted by Gasteiger charge is -2.29. The Morgan fingerprint density at radius 2 is 1.97 bits per heavy atom. The Labute approximate surface area is 224 Å². The standard InChI is InChI=1S/C24H34N5O9P/c1-12(2)23(32)38-18-7-17(29-11-26-20-21(29)27-24(25)28-22(20)31)14(5)16(18)10-36-39(33)34-8-15(9-35-39)6-19(30)37-13(3)4/h11-13,15-18H,5-10H2,1-4H3,(H3,25,27,28,31)/t15?,16-,17-,18-,39?/m0/s1. The molecule has 0 radical (unpaired) electrons. The molecule has 14 nitrogen and oxygen atoms in total. The Hall–Kier alpha value is -3.06. The minimum absolute atomic E-state index is 0.00681. The van der Waals surface area contributed by atoms with Crippen LogP contribution in [0.15, 0.2) is 23.3 Å². The van der Waals surface area contributed by atoms with Gasteiger partial charge in [-0.1, -0.05) is 20.4 Å². The number of hydrogen-bond donors (Lipinski definition) is 2. The fraction of sp³-hybridized carbons (Fsp3) is 0.625. The van der Waals surface area contributed by atoms with Crippen LogP contribution in [0.1, 0.15) is 46.6 Å². The number of H-pyrrole nitrogens is 1. The third-order valence-corrected chi connectivity index (χ3v) is 7.90. The van der Waals surface area contributed by atoms with Gasteiger partial charge in [0.1, 0.15) is 6.10 Å². The quantitative estimate of drug-likeness (QED) is 0.256. The number of carbonyl (C=O) groups is 2. The molecule has 0 amide bonds. The summed E-state index contributed by atoms with van der Waals surface area (Å²) >= 11 is 0. The number of fused-ring (bicyclic) bond motifs is 1. The topological polar surface area (TPSA) is 187 Å². The fourth-order valence-electron chi connectivity index (χ4n) is 4.50. The van der Waals surface area contributed by atoms with Gasteiger partial charge in [0.15, 0.2) is 11.2 Å². The van der Waals surface area contributed by atoms with Gasteiger partial charge in [-0.3, -0.25) is 32.9 Å². The number of anilines is 1. The van der Waals surface area contributed by atoms with Crippen LogP contribution >= 0.6 is 7.82 Å². The van der Waals surface area contributed by atoms with Crippen molar-refractivity contribution in [2.24, 2.45) is 17.8 Å². The van der Waals surface area contributed by atoms with Crippen LogP contribution in [0.5, 0.6) is 0 Å². The first-order chi connectivity index (χ1) is 18.4. The first-order valence-electron chi connectivity index (χ1n) is 12.7. The van der Waals surface area contributed by atoms with E-state index in [2.05, 4.69) is 21.5 Å². The number of hydrogen-bond acceptors (Lipinski definition) is 12. The van der Waals surface area contributed by atoms with E-state index in [9.17, 15) is 18.9 Å². The van der Waals surface area contributed by atoms with Gasteiger partial charge < -0.3 is 19.8 Å². The highest BCUT2D eigenvalue weighted by atomic mass is 31.2. The number of carbonyl (C=O) groups excluding carboxylic acids is 2. The average Bonchev–Trinajstić information content (AvgIpc) is 3.39. The monoisotopic (exact) mass is 567 g/mol. The van der Waals surface area contributed by atoms with Crippen molar-refractivity contribution in [2.45, 2.75) is 58.8 Å². The molecule has 2 aliphatic rings. The Bertz CT molecular complexity index is 1340. The number of nitrogens with one attached hydrogen (secondary N) is 1. The van der Waals surface area contributed by atoms with Gasteiger partial charge >= 0.3 is 19.8 Å². The van der Waals surface area contributed by atoms with E-state index in [1.807, 2.05) is 0 Å². The number of ether oxygens (including phenoxy) is 2. The molecular formula is C24H34N5O9P. The molecular weight excluding hydrogens is 533 g/mol. The maximum atomic E-state index is 13.1. The highest BCUT2D eigenvalue weighted by molar-refractivity contribution is 7.48. The molecule has 214 valence electrons. The minimum Gasteiger partial charge on any atom is -0.463 e. The van der Waals surface area contributed by atoms with Crippen molar-refractivity contribution in [3.8, 4) is 0 Å². The number of aromatic amines is 1. The van der Waals surface area contributed by atoms with Crippen LogP contribution < -0.4 is 11.3 Å². The number of rotatable bonds is 9. The predicted octanol–water partition coefficient (Wildman–Crippen LogP) is 2.52. The van der Waals surface area contributed by atoms with E-state index >= 15 is 0 Å². The molecule has 0 spiro atoms. The molecule has 0 unspecified atom stereocenters.